The molecule has 0 atom stereocenters. The Bertz CT molecular complexity index is 684. The number of hydrazone groups is 1. The number of rotatable bonds is 5. The second-order valence-electron chi connectivity index (χ2n) is 4.50. The van der Waals surface area contributed by atoms with Crippen molar-refractivity contribution >= 4 is 23.2 Å². The van der Waals surface area contributed by atoms with Crippen molar-refractivity contribution in [1.82, 2.24) is 5.43 Å². The maximum Gasteiger partial charge on any atom is 0.277 e. The van der Waals surface area contributed by atoms with Gasteiger partial charge in [-0.1, -0.05) is 23.7 Å². The van der Waals surface area contributed by atoms with Crippen LogP contribution in [0.25, 0.3) is 0 Å². The molecule has 0 saturated heterocycles. The fraction of sp³-hybridized carbons (Fsp3) is 0.125. The van der Waals surface area contributed by atoms with Gasteiger partial charge in [0, 0.05) is 0 Å². The Kier molecular flexibility index (Phi) is 5.38. The molecule has 0 fully saturated rings. The van der Waals surface area contributed by atoms with Crippen LogP contribution in [0.5, 0.6) is 11.5 Å². The molecule has 6 heteroatoms. The monoisotopic (exact) mass is 318 g/mol. The van der Waals surface area contributed by atoms with E-state index in [0.29, 0.717) is 16.5 Å². The number of nitrogens with one attached hydrogen (secondary N) is 1. The molecular formula is C16H15ClN2O3. The van der Waals surface area contributed by atoms with Crippen molar-refractivity contribution in [3.63, 3.8) is 0 Å². The summed E-state index contributed by atoms with van der Waals surface area (Å²) in [5.41, 5.74) is 3.82. The molecule has 114 valence electrons. The lowest BCUT2D eigenvalue weighted by Crippen LogP contribution is -2.25. The van der Waals surface area contributed by atoms with Gasteiger partial charge in [0.2, 0.25) is 0 Å². The van der Waals surface area contributed by atoms with Crippen molar-refractivity contribution in [2.45, 2.75) is 6.92 Å². The molecule has 2 rings (SSSR count). The summed E-state index contributed by atoms with van der Waals surface area (Å²) in [5, 5.41) is 13.6. The highest BCUT2D eigenvalue weighted by atomic mass is 35.5. The normalized spacial score (nSPS) is 11.1. The highest BCUT2D eigenvalue weighted by molar-refractivity contribution is 6.32. The zero-order valence-electron chi connectivity index (χ0n) is 11.9. The van der Waals surface area contributed by atoms with E-state index in [-0.39, 0.29) is 12.4 Å². The molecule has 0 unspecified atom stereocenters. The zero-order valence-corrected chi connectivity index (χ0v) is 12.7. The Morgan fingerprint density at radius 2 is 1.91 bits per heavy atom. The van der Waals surface area contributed by atoms with Crippen molar-refractivity contribution in [2.24, 2.45) is 5.10 Å². The molecule has 0 radical (unpaired) electrons. The van der Waals surface area contributed by atoms with E-state index in [1.807, 2.05) is 0 Å². The minimum absolute atomic E-state index is 0.175. The first-order valence-electron chi connectivity index (χ1n) is 6.56. The molecule has 0 aliphatic rings. The van der Waals surface area contributed by atoms with Gasteiger partial charge in [-0.25, -0.2) is 5.43 Å². The first-order chi connectivity index (χ1) is 10.6. The van der Waals surface area contributed by atoms with E-state index in [1.165, 1.54) is 0 Å². The van der Waals surface area contributed by atoms with Crippen LogP contribution < -0.4 is 10.2 Å². The molecule has 1 amide bonds. The highest BCUT2D eigenvalue weighted by Gasteiger charge is 2.05. The second kappa shape index (κ2) is 7.47. The Labute approximate surface area is 133 Å². The number of carbonyl (C=O) groups excluding carboxylic acids is 1. The molecule has 0 bridgehead atoms. The summed E-state index contributed by atoms with van der Waals surface area (Å²) >= 11 is 5.92. The van der Waals surface area contributed by atoms with Crippen LogP contribution in [0.2, 0.25) is 5.02 Å². The van der Waals surface area contributed by atoms with Crippen molar-refractivity contribution in [3.8, 4) is 11.5 Å². The zero-order chi connectivity index (χ0) is 15.9. The lowest BCUT2D eigenvalue weighted by Gasteiger charge is -2.07. The van der Waals surface area contributed by atoms with Crippen molar-refractivity contribution in [3.05, 3.63) is 59.1 Å². The van der Waals surface area contributed by atoms with E-state index >= 15 is 0 Å². The van der Waals surface area contributed by atoms with Crippen molar-refractivity contribution < 1.29 is 14.6 Å². The van der Waals surface area contributed by atoms with Crippen LogP contribution in [0.15, 0.2) is 53.6 Å². The number of amides is 1. The summed E-state index contributed by atoms with van der Waals surface area (Å²) in [6, 6.07) is 13.4. The SMILES string of the molecule is C/C(=N\NC(=O)COc1ccccc1Cl)c1ccc(O)cc1. The van der Waals surface area contributed by atoms with E-state index in [1.54, 1.807) is 55.5 Å². The molecule has 5 nitrogen and oxygen atoms in total. The molecular weight excluding hydrogens is 304 g/mol. The van der Waals surface area contributed by atoms with Crippen LogP contribution in [-0.2, 0) is 4.79 Å². The molecule has 0 aliphatic heterocycles. The first-order valence-corrected chi connectivity index (χ1v) is 6.94. The highest BCUT2D eigenvalue weighted by Crippen LogP contribution is 2.22. The number of aromatic hydroxyl groups is 1. The Hall–Kier alpha value is -2.53. The van der Waals surface area contributed by atoms with Crippen LogP contribution in [-0.4, -0.2) is 23.3 Å². The summed E-state index contributed by atoms with van der Waals surface area (Å²) < 4.78 is 5.31. The van der Waals surface area contributed by atoms with E-state index in [4.69, 9.17) is 16.3 Å². The molecule has 0 aliphatic carbocycles. The molecule has 2 N–H and O–H groups in total. The molecule has 0 aromatic heterocycles. The third-order valence-electron chi connectivity index (χ3n) is 2.83. The van der Waals surface area contributed by atoms with Gasteiger partial charge in [0.1, 0.15) is 11.5 Å². The number of para-hydroxylation sites is 1. The Balaban J connectivity index is 1.88. The Morgan fingerprint density at radius 3 is 2.59 bits per heavy atom. The average molecular weight is 319 g/mol. The average Bonchev–Trinajstić information content (AvgIpc) is 2.52. The minimum atomic E-state index is -0.391. The molecule has 0 heterocycles. The number of hydrogen-bond donors (Lipinski definition) is 2. The van der Waals surface area contributed by atoms with Crippen LogP contribution in [0, 0.1) is 0 Å². The predicted molar refractivity (Wildman–Crippen MR) is 85.4 cm³/mol. The first kappa shape index (κ1) is 15.9. The summed E-state index contributed by atoms with van der Waals surface area (Å²) in [6.07, 6.45) is 0. The van der Waals surface area contributed by atoms with Gasteiger partial charge in [-0.2, -0.15) is 5.10 Å². The topological polar surface area (TPSA) is 70.9 Å². The number of nitrogens with zero attached hydrogens (tertiary/aromatic N) is 1. The smallest absolute Gasteiger partial charge is 0.277 e. The van der Waals surface area contributed by atoms with Crippen LogP contribution in [0.1, 0.15) is 12.5 Å². The van der Waals surface area contributed by atoms with Gasteiger partial charge in [-0.15, -0.1) is 0 Å². The van der Waals surface area contributed by atoms with Crippen LogP contribution in [0.4, 0.5) is 0 Å². The molecule has 2 aromatic carbocycles. The number of benzene rings is 2. The maximum absolute atomic E-state index is 11.7. The fourth-order valence-corrected chi connectivity index (χ4v) is 1.84. The number of carbonyl (C=O) groups is 1. The van der Waals surface area contributed by atoms with Crippen LogP contribution >= 0.6 is 11.6 Å². The third-order valence-corrected chi connectivity index (χ3v) is 3.14. The van der Waals surface area contributed by atoms with E-state index < -0.39 is 5.91 Å². The van der Waals surface area contributed by atoms with Gasteiger partial charge in [0.15, 0.2) is 6.61 Å². The number of halogens is 1. The van der Waals surface area contributed by atoms with Gasteiger partial charge in [0.25, 0.3) is 5.91 Å². The molecule has 0 spiro atoms. The van der Waals surface area contributed by atoms with Gasteiger partial charge in [-0.05, 0) is 48.9 Å². The summed E-state index contributed by atoms with van der Waals surface area (Å²) in [6.45, 7) is 1.57. The predicted octanol–water partition coefficient (Wildman–Crippen LogP) is 2.96. The quantitative estimate of drug-likeness (QED) is 0.657. The number of phenols is 1. The lowest BCUT2D eigenvalue weighted by atomic mass is 10.1. The second-order valence-corrected chi connectivity index (χ2v) is 4.91. The standard InChI is InChI=1S/C16H15ClN2O3/c1-11(12-6-8-13(20)9-7-12)18-19-16(21)10-22-15-5-3-2-4-14(15)17/h2-9,20H,10H2,1H3,(H,19,21)/b18-11+. The van der Waals surface area contributed by atoms with E-state index in [2.05, 4.69) is 10.5 Å². The lowest BCUT2D eigenvalue weighted by molar-refractivity contribution is -0.123. The summed E-state index contributed by atoms with van der Waals surface area (Å²) in [4.78, 5) is 11.7. The van der Waals surface area contributed by atoms with Gasteiger partial charge < -0.3 is 9.84 Å². The third kappa shape index (κ3) is 4.49. The number of ether oxygens (including phenoxy) is 1. The van der Waals surface area contributed by atoms with E-state index in [0.717, 1.165) is 5.56 Å². The van der Waals surface area contributed by atoms with Gasteiger partial charge in [-0.3, -0.25) is 4.79 Å². The minimum Gasteiger partial charge on any atom is -0.508 e. The van der Waals surface area contributed by atoms with Gasteiger partial charge >= 0.3 is 0 Å². The number of hydrogen-bond acceptors (Lipinski definition) is 4. The van der Waals surface area contributed by atoms with E-state index in [9.17, 15) is 9.90 Å². The van der Waals surface area contributed by atoms with Gasteiger partial charge in [0.05, 0.1) is 10.7 Å². The van der Waals surface area contributed by atoms with Crippen molar-refractivity contribution in [1.29, 1.82) is 0 Å². The molecule has 0 saturated carbocycles. The molecule has 22 heavy (non-hydrogen) atoms. The summed E-state index contributed by atoms with van der Waals surface area (Å²) in [7, 11) is 0. The Morgan fingerprint density at radius 1 is 1.23 bits per heavy atom. The maximum atomic E-state index is 11.7. The number of phenolic OH excluding ortho intramolecular Hbond substituents is 1. The largest absolute Gasteiger partial charge is 0.508 e. The van der Waals surface area contributed by atoms with Crippen LogP contribution in [0.3, 0.4) is 0 Å². The fourth-order valence-electron chi connectivity index (χ4n) is 1.65. The molecule has 2 aromatic rings. The van der Waals surface area contributed by atoms with Crippen molar-refractivity contribution in [2.75, 3.05) is 6.61 Å². The summed E-state index contributed by atoms with van der Waals surface area (Å²) in [5.74, 6) is 0.227.